The van der Waals surface area contributed by atoms with E-state index >= 15 is 0 Å². The minimum atomic E-state index is -0.473. The van der Waals surface area contributed by atoms with Crippen molar-refractivity contribution in [2.45, 2.75) is 97.4 Å². The Balaban J connectivity index is 0.000000209. The average Bonchev–Trinajstić information content (AvgIpc) is 2.74. The Hall–Kier alpha value is -0.900. The van der Waals surface area contributed by atoms with Crippen LogP contribution in [0.1, 0.15) is 91.4 Å². The van der Waals surface area contributed by atoms with E-state index in [-0.39, 0.29) is 11.8 Å². The summed E-state index contributed by atoms with van der Waals surface area (Å²) in [5.41, 5.74) is 6.53. The Morgan fingerprint density at radius 1 is 1.08 bits per heavy atom. The van der Waals surface area contributed by atoms with E-state index in [4.69, 9.17) is 11.1 Å². The minimum Gasteiger partial charge on any atom is -0.319 e. The molecular weight excluding hydrogens is 322 g/mol. The number of likely N-dealkylation sites (tertiary alicyclic amines) is 1. The second kappa shape index (κ2) is 9.34. The molecule has 1 saturated heterocycles. The highest BCUT2D eigenvalue weighted by Gasteiger charge is 2.41. The van der Waals surface area contributed by atoms with Crippen molar-refractivity contribution in [2.75, 3.05) is 7.05 Å². The van der Waals surface area contributed by atoms with E-state index in [1.54, 1.807) is 7.05 Å². The number of carbonyl (C=O) groups excluding carboxylic acids is 1. The van der Waals surface area contributed by atoms with Crippen LogP contribution >= 0.6 is 0 Å². The molecule has 2 aliphatic carbocycles. The number of nitrogens with one attached hydrogen (secondary N) is 1. The SMILES string of the molecule is CC1CCCC(C)(C)CC1.CN1C(=N)C(CC2CCCCC2)C(N)C1=O. The predicted octanol–water partition coefficient (Wildman–Crippen LogP) is 4.96. The van der Waals surface area contributed by atoms with Gasteiger partial charge in [0.25, 0.3) is 0 Å². The van der Waals surface area contributed by atoms with Gasteiger partial charge in [0.05, 0.1) is 6.04 Å². The normalized spacial score (nSPS) is 32.8. The van der Waals surface area contributed by atoms with E-state index in [2.05, 4.69) is 20.8 Å². The lowest BCUT2D eigenvalue weighted by Crippen LogP contribution is -2.35. The lowest BCUT2D eigenvalue weighted by molar-refractivity contribution is -0.126. The van der Waals surface area contributed by atoms with Gasteiger partial charge in [-0.3, -0.25) is 10.2 Å². The Kier molecular flexibility index (Phi) is 7.69. The predicted molar refractivity (Wildman–Crippen MR) is 109 cm³/mol. The lowest BCUT2D eigenvalue weighted by atomic mass is 9.81. The van der Waals surface area contributed by atoms with E-state index in [9.17, 15) is 4.79 Å². The third-order valence-corrected chi connectivity index (χ3v) is 6.94. The molecule has 0 aromatic carbocycles. The molecule has 3 unspecified atom stereocenters. The second-order valence-corrected chi connectivity index (χ2v) is 9.85. The van der Waals surface area contributed by atoms with Crippen molar-refractivity contribution in [1.29, 1.82) is 5.41 Å². The maximum atomic E-state index is 11.6. The minimum absolute atomic E-state index is 0.0411. The van der Waals surface area contributed by atoms with Gasteiger partial charge in [0.15, 0.2) is 0 Å². The second-order valence-electron chi connectivity index (χ2n) is 9.85. The summed E-state index contributed by atoms with van der Waals surface area (Å²) >= 11 is 0. The lowest BCUT2D eigenvalue weighted by Gasteiger charge is -2.25. The highest BCUT2D eigenvalue weighted by atomic mass is 16.2. The molecule has 4 nitrogen and oxygen atoms in total. The third-order valence-electron chi connectivity index (χ3n) is 6.94. The molecule has 1 heterocycles. The molecule has 3 rings (SSSR count). The Morgan fingerprint density at radius 3 is 2.31 bits per heavy atom. The van der Waals surface area contributed by atoms with Crippen molar-refractivity contribution in [3.8, 4) is 0 Å². The first-order valence-corrected chi connectivity index (χ1v) is 10.8. The highest BCUT2D eigenvalue weighted by molar-refractivity contribution is 6.07. The molecule has 150 valence electrons. The molecule has 1 aliphatic heterocycles. The Morgan fingerprint density at radius 2 is 1.73 bits per heavy atom. The molecule has 3 atom stereocenters. The van der Waals surface area contributed by atoms with Crippen LogP contribution in [0.3, 0.4) is 0 Å². The van der Waals surface area contributed by atoms with Crippen molar-refractivity contribution in [3.63, 3.8) is 0 Å². The summed E-state index contributed by atoms with van der Waals surface area (Å²) < 4.78 is 0. The van der Waals surface area contributed by atoms with Gasteiger partial charge in [-0.2, -0.15) is 0 Å². The molecule has 26 heavy (non-hydrogen) atoms. The molecule has 0 bridgehead atoms. The van der Waals surface area contributed by atoms with Crippen molar-refractivity contribution in [2.24, 2.45) is 28.9 Å². The molecule has 0 aromatic heterocycles. The van der Waals surface area contributed by atoms with Crippen LogP contribution in [0.4, 0.5) is 0 Å². The number of amidine groups is 1. The number of hydrogen-bond acceptors (Lipinski definition) is 3. The summed E-state index contributed by atoms with van der Waals surface area (Å²) in [6.45, 7) is 7.21. The largest absolute Gasteiger partial charge is 0.319 e. The van der Waals surface area contributed by atoms with Crippen LogP contribution in [0.5, 0.6) is 0 Å². The molecule has 3 fully saturated rings. The van der Waals surface area contributed by atoms with Gasteiger partial charge in [0.1, 0.15) is 5.84 Å². The molecule has 1 amide bonds. The summed E-state index contributed by atoms with van der Waals surface area (Å²) in [7, 11) is 1.66. The first kappa shape index (κ1) is 21.4. The highest BCUT2D eigenvalue weighted by Crippen LogP contribution is 2.35. The monoisotopic (exact) mass is 363 g/mol. The summed E-state index contributed by atoms with van der Waals surface area (Å²) in [6, 6.07) is -0.473. The van der Waals surface area contributed by atoms with Crippen molar-refractivity contribution in [3.05, 3.63) is 0 Å². The van der Waals surface area contributed by atoms with E-state index in [0.29, 0.717) is 17.2 Å². The van der Waals surface area contributed by atoms with Crippen LogP contribution in [0.2, 0.25) is 0 Å². The van der Waals surface area contributed by atoms with E-state index in [0.717, 1.165) is 12.3 Å². The average molecular weight is 364 g/mol. The quantitative estimate of drug-likeness (QED) is 0.681. The van der Waals surface area contributed by atoms with Gasteiger partial charge in [-0.05, 0) is 36.5 Å². The molecule has 0 spiro atoms. The fourth-order valence-electron chi connectivity index (χ4n) is 4.81. The van der Waals surface area contributed by atoms with Crippen LogP contribution in [0.15, 0.2) is 0 Å². The number of carbonyl (C=O) groups is 1. The number of likely N-dealkylation sites (N-methyl/N-ethyl adjacent to an activating group) is 1. The fourth-order valence-corrected chi connectivity index (χ4v) is 4.81. The van der Waals surface area contributed by atoms with Crippen molar-refractivity contribution in [1.82, 2.24) is 4.90 Å². The van der Waals surface area contributed by atoms with Crippen molar-refractivity contribution >= 4 is 11.7 Å². The standard InChI is InChI=1S/C12H21N3O.C10H20/c1-15-11(14)9(10(13)12(15)16)7-8-5-3-2-4-6-8;1-9-5-4-7-10(2,3)8-6-9/h8-10,14H,2-7,13H2,1H3;9H,4-8H2,1-3H3. The molecule has 0 radical (unpaired) electrons. The van der Waals surface area contributed by atoms with Crippen LogP contribution < -0.4 is 5.73 Å². The van der Waals surface area contributed by atoms with Gasteiger partial charge < -0.3 is 10.6 Å². The van der Waals surface area contributed by atoms with Gasteiger partial charge in [0.2, 0.25) is 5.91 Å². The maximum absolute atomic E-state index is 11.6. The molecule has 3 aliphatic rings. The zero-order valence-corrected chi connectivity index (χ0v) is 17.5. The van der Waals surface area contributed by atoms with Gasteiger partial charge in [-0.1, -0.05) is 72.1 Å². The first-order valence-electron chi connectivity index (χ1n) is 10.8. The van der Waals surface area contributed by atoms with Crippen LogP contribution in [-0.4, -0.2) is 29.7 Å². The van der Waals surface area contributed by atoms with Crippen molar-refractivity contribution < 1.29 is 4.79 Å². The first-order chi connectivity index (χ1) is 12.2. The summed E-state index contributed by atoms with van der Waals surface area (Å²) in [4.78, 5) is 13.0. The van der Waals surface area contributed by atoms with Gasteiger partial charge in [-0.25, -0.2) is 0 Å². The molecular formula is C22H41N3O. The Bertz CT molecular complexity index is 482. The topological polar surface area (TPSA) is 70.2 Å². The molecule has 2 saturated carbocycles. The zero-order chi connectivity index (χ0) is 19.3. The summed E-state index contributed by atoms with van der Waals surface area (Å²) in [6.07, 6.45) is 14.6. The number of nitrogens with zero attached hydrogens (tertiary/aromatic N) is 1. The number of hydrogen-bond donors (Lipinski definition) is 2. The third kappa shape index (κ3) is 5.80. The molecule has 3 N–H and O–H groups in total. The zero-order valence-electron chi connectivity index (χ0n) is 17.5. The number of amides is 1. The Labute approximate surface area is 160 Å². The summed E-state index contributed by atoms with van der Waals surface area (Å²) in [5, 5.41) is 7.92. The maximum Gasteiger partial charge on any atom is 0.245 e. The smallest absolute Gasteiger partial charge is 0.245 e. The van der Waals surface area contributed by atoms with E-state index < -0.39 is 6.04 Å². The fraction of sp³-hybridized carbons (Fsp3) is 0.909. The van der Waals surface area contributed by atoms with Gasteiger partial charge in [0, 0.05) is 13.0 Å². The van der Waals surface area contributed by atoms with Crippen LogP contribution in [0.25, 0.3) is 0 Å². The van der Waals surface area contributed by atoms with E-state index in [1.807, 2.05) is 0 Å². The van der Waals surface area contributed by atoms with Crippen LogP contribution in [-0.2, 0) is 4.79 Å². The molecule has 4 heteroatoms. The van der Waals surface area contributed by atoms with Crippen LogP contribution in [0, 0.1) is 28.6 Å². The van der Waals surface area contributed by atoms with Gasteiger partial charge >= 0.3 is 0 Å². The van der Waals surface area contributed by atoms with E-state index in [1.165, 1.54) is 69.1 Å². The van der Waals surface area contributed by atoms with Gasteiger partial charge in [-0.15, -0.1) is 0 Å². The number of nitrogens with two attached hydrogens (primary N) is 1. The number of rotatable bonds is 2. The summed E-state index contributed by atoms with van der Waals surface area (Å²) in [5.74, 6) is 1.95. The molecule has 0 aromatic rings.